The minimum absolute atomic E-state index is 0.0967. The summed E-state index contributed by atoms with van der Waals surface area (Å²) in [7, 11) is 0. The molecule has 2 atom stereocenters. The van der Waals surface area contributed by atoms with Crippen LogP contribution in [0.5, 0.6) is 0 Å². The Labute approximate surface area is 100 Å². The van der Waals surface area contributed by atoms with Crippen molar-refractivity contribution >= 4 is 11.9 Å². The molecule has 3 amide bonds. The molecule has 0 saturated heterocycles. The van der Waals surface area contributed by atoms with Gasteiger partial charge in [0.15, 0.2) is 0 Å². The van der Waals surface area contributed by atoms with E-state index in [0.717, 1.165) is 0 Å². The Kier molecular flexibility index (Phi) is 7.24. The Balaban J connectivity index is 4.56. The minimum Gasteiger partial charge on any atom is -0.394 e. The first-order valence-corrected chi connectivity index (χ1v) is 5.54. The molecule has 0 saturated carbocycles. The number of carbonyl (C=O) groups excluding carboxylic acids is 2. The van der Waals surface area contributed by atoms with Gasteiger partial charge in [0.1, 0.15) is 6.04 Å². The van der Waals surface area contributed by atoms with E-state index < -0.39 is 24.0 Å². The second-order valence-corrected chi connectivity index (χ2v) is 3.94. The van der Waals surface area contributed by atoms with E-state index in [1.54, 1.807) is 6.92 Å². The van der Waals surface area contributed by atoms with Crippen molar-refractivity contribution in [3.8, 4) is 0 Å². The second-order valence-electron chi connectivity index (χ2n) is 3.94. The van der Waals surface area contributed by atoms with Gasteiger partial charge in [-0.05, 0) is 5.92 Å². The van der Waals surface area contributed by atoms with Gasteiger partial charge in [-0.2, -0.15) is 0 Å². The molecule has 0 bridgehead atoms. The summed E-state index contributed by atoms with van der Waals surface area (Å²) in [4.78, 5) is 22.6. The number of aliphatic hydroxyl groups is 2. The number of rotatable bonds is 7. The highest BCUT2D eigenvalue weighted by molar-refractivity contribution is 5.87. The van der Waals surface area contributed by atoms with E-state index in [1.807, 2.05) is 6.92 Å². The highest BCUT2D eigenvalue weighted by Gasteiger charge is 2.26. The van der Waals surface area contributed by atoms with Gasteiger partial charge in [0.05, 0.1) is 19.3 Å². The van der Waals surface area contributed by atoms with Crippen molar-refractivity contribution in [1.82, 2.24) is 10.6 Å². The molecule has 2 unspecified atom stereocenters. The number of nitrogens with two attached hydrogens (primary N) is 1. The summed E-state index contributed by atoms with van der Waals surface area (Å²) < 4.78 is 0. The van der Waals surface area contributed by atoms with Crippen LogP contribution >= 0.6 is 0 Å². The van der Waals surface area contributed by atoms with Gasteiger partial charge < -0.3 is 26.6 Å². The van der Waals surface area contributed by atoms with E-state index in [-0.39, 0.29) is 19.1 Å². The van der Waals surface area contributed by atoms with E-state index >= 15 is 0 Å². The van der Waals surface area contributed by atoms with E-state index in [1.165, 1.54) is 0 Å². The molecule has 17 heavy (non-hydrogen) atoms. The van der Waals surface area contributed by atoms with Crippen molar-refractivity contribution in [3.63, 3.8) is 0 Å². The summed E-state index contributed by atoms with van der Waals surface area (Å²) in [5, 5.41) is 22.5. The summed E-state index contributed by atoms with van der Waals surface area (Å²) in [5.41, 5.74) is 4.99. The fraction of sp³-hybridized carbons (Fsp3) is 0.800. The van der Waals surface area contributed by atoms with Crippen molar-refractivity contribution < 1.29 is 19.8 Å². The van der Waals surface area contributed by atoms with Crippen LogP contribution in [0.15, 0.2) is 0 Å². The summed E-state index contributed by atoms with van der Waals surface area (Å²) in [6, 6.07) is -2.28. The first-order valence-electron chi connectivity index (χ1n) is 5.54. The van der Waals surface area contributed by atoms with Gasteiger partial charge in [0.25, 0.3) is 0 Å². The second kappa shape index (κ2) is 7.86. The van der Waals surface area contributed by atoms with Crippen LogP contribution in [0.3, 0.4) is 0 Å². The maximum atomic E-state index is 11.8. The normalized spacial score (nSPS) is 14.2. The molecule has 0 radical (unpaired) electrons. The number of carbonyl (C=O) groups is 2. The number of amides is 3. The summed E-state index contributed by atoms with van der Waals surface area (Å²) in [6.45, 7) is 2.94. The van der Waals surface area contributed by atoms with Crippen molar-refractivity contribution in [2.24, 2.45) is 11.7 Å². The molecule has 0 aliphatic rings. The molecule has 0 aromatic carbocycles. The fourth-order valence-electron chi connectivity index (χ4n) is 1.30. The zero-order valence-electron chi connectivity index (χ0n) is 10.1. The van der Waals surface area contributed by atoms with Crippen molar-refractivity contribution in [2.45, 2.75) is 32.4 Å². The third-order valence-electron chi connectivity index (χ3n) is 2.58. The van der Waals surface area contributed by atoms with Crippen LogP contribution in [0, 0.1) is 5.92 Å². The molecule has 0 aliphatic carbocycles. The van der Waals surface area contributed by atoms with Crippen LogP contribution in [0.25, 0.3) is 0 Å². The third kappa shape index (κ3) is 5.50. The van der Waals surface area contributed by atoms with E-state index in [4.69, 9.17) is 15.9 Å². The SMILES string of the molecule is CCC(C)C(NC(N)=O)C(=O)NC(CO)CO. The number of hydrogen-bond donors (Lipinski definition) is 5. The van der Waals surface area contributed by atoms with E-state index in [2.05, 4.69) is 10.6 Å². The summed E-state index contributed by atoms with van der Waals surface area (Å²) >= 11 is 0. The zero-order chi connectivity index (χ0) is 13.4. The Morgan fingerprint density at radius 2 is 1.76 bits per heavy atom. The maximum absolute atomic E-state index is 11.8. The largest absolute Gasteiger partial charge is 0.394 e. The lowest BCUT2D eigenvalue weighted by molar-refractivity contribution is -0.125. The highest BCUT2D eigenvalue weighted by Crippen LogP contribution is 2.08. The first-order chi connectivity index (χ1) is 7.96. The van der Waals surface area contributed by atoms with Crippen LogP contribution in [-0.2, 0) is 4.79 Å². The molecule has 100 valence electrons. The molecular weight excluding hydrogens is 226 g/mol. The van der Waals surface area contributed by atoms with Gasteiger partial charge in [0, 0.05) is 0 Å². The molecule has 0 aromatic rings. The lowest BCUT2D eigenvalue weighted by Crippen LogP contribution is -2.55. The van der Waals surface area contributed by atoms with Gasteiger partial charge >= 0.3 is 6.03 Å². The number of aliphatic hydroxyl groups excluding tert-OH is 2. The lowest BCUT2D eigenvalue weighted by Gasteiger charge is -2.24. The monoisotopic (exact) mass is 247 g/mol. The summed E-state index contributed by atoms with van der Waals surface area (Å²) in [5.74, 6) is -0.563. The first kappa shape index (κ1) is 15.7. The van der Waals surface area contributed by atoms with Gasteiger partial charge in [-0.25, -0.2) is 4.79 Å². The number of urea groups is 1. The number of hydrogen-bond acceptors (Lipinski definition) is 4. The van der Waals surface area contributed by atoms with Crippen LogP contribution in [0.2, 0.25) is 0 Å². The molecular formula is C10H21N3O4. The standard InChI is InChI=1S/C10H21N3O4/c1-3-6(2)8(13-10(11)17)9(16)12-7(4-14)5-15/h6-8,14-15H,3-5H2,1-2H3,(H,12,16)(H3,11,13,17). The average Bonchev–Trinajstić information content (AvgIpc) is 2.31. The van der Waals surface area contributed by atoms with E-state index in [9.17, 15) is 9.59 Å². The zero-order valence-corrected chi connectivity index (χ0v) is 10.1. The smallest absolute Gasteiger partial charge is 0.312 e. The third-order valence-corrected chi connectivity index (χ3v) is 2.58. The average molecular weight is 247 g/mol. The molecule has 7 heteroatoms. The Bertz CT molecular complexity index is 256. The topological polar surface area (TPSA) is 125 Å². The molecule has 7 nitrogen and oxygen atoms in total. The molecule has 0 heterocycles. The van der Waals surface area contributed by atoms with Crippen LogP contribution in [0.1, 0.15) is 20.3 Å². The molecule has 0 aliphatic heterocycles. The highest BCUT2D eigenvalue weighted by atomic mass is 16.3. The van der Waals surface area contributed by atoms with Crippen molar-refractivity contribution in [1.29, 1.82) is 0 Å². The summed E-state index contributed by atoms with van der Waals surface area (Å²) in [6.07, 6.45) is 0.682. The lowest BCUT2D eigenvalue weighted by atomic mass is 9.98. The molecule has 0 aromatic heterocycles. The van der Waals surface area contributed by atoms with E-state index in [0.29, 0.717) is 6.42 Å². The molecule has 6 N–H and O–H groups in total. The quantitative estimate of drug-likeness (QED) is 0.377. The van der Waals surface area contributed by atoms with Crippen LogP contribution in [-0.4, -0.2) is 47.4 Å². The Morgan fingerprint density at radius 3 is 2.12 bits per heavy atom. The predicted molar refractivity (Wildman–Crippen MR) is 62.1 cm³/mol. The van der Waals surface area contributed by atoms with Crippen molar-refractivity contribution in [2.75, 3.05) is 13.2 Å². The van der Waals surface area contributed by atoms with Crippen LogP contribution < -0.4 is 16.4 Å². The maximum Gasteiger partial charge on any atom is 0.312 e. The number of primary amides is 1. The van der Waals surface area contributed by atoms with Gasteiger partial charge in [0.2, 0.25) is 5.91 Å². The van der Waals surface area contributed by atoms with Crippen molar-refractivity contribution in [3.05, 3.63) is 0 Å². The number of nitrogens with one attached hydrogen (secondary N) is 2. The predicted octanol–water partition coefficient (Wildman–Crippen LogP) is -1.46. The van der Waals surface area contributed by atoms with Crippen LogP contribution in [0.4, 0.5) is 4.79 Å². The fourth-order valence-corrected chi connectivity index (χ4v) is 1.30. The molecule has 0 rings (SSSR count). The van der Waals surface area contributed by atoms with Gasteiger partial charge in [-0.1, -0.05) is 20.3 Å². The Hall–Kier alpha value is -1.34. The minimum atomic E-state index is -0.782. The Morgan fingerprint density at radius 1 is 1.24 bits per heavy atom. The van der Waals surface area contributed by atoms with Gasteiger partial charge in [-0.3, -0.25) is 4.79 Å². The van der Waals surface area contributed by atoms with Gasteiger partial charge in [-0.15, -0.1) is 0 Å². The molecule has 0 fully saturated rings. The molecule has 0 spiro atoms.